The monoisotopic (exact) mass is 349 g/mol. The average molecular weight is 349 g/mol. The summed E-state index contributed by atoms with van der Waals surface area (Å²) in [7, 11) is 2.21. The fourth-order valence-electron chi connectivity index (χ4n) is 3.45. The number of rotatable bonds is 7. The molecule has 0 spiro atoms. The van der Waals surface area contributed by atoms with Crippen LogP contribution >= 0.6 is 0 Å². The van der Waals surface area contributed by atoms with E-state index in [0.29, 0.717) is 5.92 Å². The minimum absolute atomic E-state index is 0.329. The predicted octanol–water partition coefficient (Wildman–Crippen LogP) is 4.58. The van der Waals surface area contributed by atoms with Gasteiger partial charge in [0.2, 0.25) is 7.28 Å². The Morgan fingerprint density at radius 1 is 0.741 bits per heavy atom. The first-order chi connectivity index (χ1) is 13.4. The lowest BCUT2D eigenvalue weighted by molar-refractivity contribution is 0.914. The van der Waals surface area contributed by atoms with Gasteiger partial charge in [-0.3, -0.25) is 4.98 Å². The molecule has 0 fully saturated rings. The molecule has 0 bridgehead atoms. The van der Waals surface area contributed by atoms with E-state index in [1.54, 1.807) is 0 Å². The molecule has 0 saturated heterocycles. The SMILES string of the molecule is [B](CC(c1ccccc1)c1ccccc1)c1ncc(Cc2ccccc2)[nH]1. The molecule has 27 heavy (non-hydrogen) atoms. The highest BCUT2D eigenvalue weighted by molar-refractivity contribution is 6.51. The smallest absolute Gasteiger partial charge is 0.202 e. The third kappa shape index (κ3) is 4.56. The molecule has 3 heteroatoms. The van der Waals surface area contributed by atoms with Gasteiger partial charge in [-0.05, 0) is 16.7 Å². The number of hydrogen-bond donors (Lipinski definition) is 1. The van der Waals surface area contributed by atoms with Crippen LogP contribution in [0.5, 0.6) is 0 Å². The van der Waals surface area contributed by atoms with Crippen LogP contribution in [0, 0.1) is 0 Å². The van der Waals surface area contributed by atoms with Crippen molar-refractivity contribution in [3.8, 4) is 0 Å². The molecule has 1 radical (unpaired) electrons. The summed E-state index contributed by atoms with van der Waals surface area (Å²) in [6.45, 7) is 0. The molecule has 131 valence electrons. The Labute approximate surface area is 161 Å². The van der Waals surface area contributed by atoms with Crippen molar-refractivity contribution >= 4 is 13.0 Å². The molecule has 0 unspecified atom stereocenters. The van der Waals surface area contributed by atoms with Crippen LogP contribution in [0.4, 0.5) is 0 Å². The fourth-order valence-corrected chi connectivity index (χ4v) is 3.45. The first-order valence-electron chi connectivity index (χ1n) is 9.39. The molecule has 0 amide bonds. The highest BCUT2D eigenvalue weighted by Gasteiger charge is 2.15. The second-order valence-corrected chi connectivity index (χ2v) is 6.77. The predicted molar refractivity (Wildman–Crippen MR) is 113 cm³/mol. The van der Waals surface area contributed by atoms with E-state index in [2.05, 4.69) is 102 Å². The van der Waals surface area contributed by atoms with E-state index in [-0.39, 0.29) is 0 Å². The van der Waals surface area contributed by atoms with Gasteiger partial charge >= 0.3 is 0 Å². The van der Waals surface area contributed by atoms with Crippen molar-refractivity contribution in [1.82, 2.24) is 9.97 Å². The second kappa shape index (κ2) is 8.55. The molecule has 1 aromatic heterocycles. The van der Waals surface area contributed by atoms with E-state index in [0.717, 1.165) is 24.2 Å². The van der Waals surface area contributed by atoms with Crippen molar-refractivity contribution in [3.63, 3.8) is 0 Å². The highest BCUT2D eigenvalue weighted by Crippen LogP contribution is 2.27. The Kier molecular flexibility index (Phi) is 5.49. The van der Waals surface area contributed by atoms with Crippen molar-refractivity contribution in [3.05, 3.63) is 120 Å². The quantitative estimate of drug-likeness (QED) is 0.486. The van der Waals surface area contributed by atoms with Gasteiger partial charge in [0.1, 0.15) is 0 Å². The lowest BCUT2D eigenvalue weighted by Crippen LogP contribution is -2.21. The van der Waals surface area contributed by atoms with Crippen LogP contribution in [0.2, 0.25) is 6.32 Å². The maximum Gasteiger partial charge on any atom is 0.202 e. The summed E-state index contributed by atoms with van der Waals surface area (Å²) < 4.78 is 0. The number of imidazole rings is 1. The first-order valence-corrected chi connectivity index (χ1v) is 9.39. The summed E-state index contributed by atoms with van der Waals surface area (Å²) in [5.74, 6) is 0.329. The largest absolute Gasteiger partial charge is 0.354 e. The lowest BCUT2D eigenvalue weighted by atomic mass is 9.66. The lowest BCUT2D eigenvalue weighted by Gasteiger charge is -2.17. The average Bonchev–Trinajstić information content (AvgIpc) is 3.18. The van der Waals surface area contributed by atoms with Crippen LogP contribution in [-0.2, 0) is 6.42 Å². The highest BCUT2D eigenvalue weighted by atomic mass is 14.9. The normalized spacial score (nSPS) is 10.9. The van der Waals surface area contributed by atoms with Gasteiger partial charge in [-0.2, -0.15) is 0 Å². The standard InChI is InChI=1S/C24H22BN2/c1-4-10-19(11-5-1)16-22-18-26-24(27-22)25-17-23(20-12-6-2-7-13-20)21-14-8-3-9-15-21/h1-15,18,23H,16-17H2,(H,26,27). The summed E-state index contributed by atoms with van der Waals surface area (Å²) in [6, 6.07) is 31.9. The third-order valence-corrected chi connectivity index (χ3v) is 4.84. The van der Waals surface area contributed by atoms with Crippen molar-refractivity contribution in [2.75, 3.05) is 0 Å². The summed E-state index contributed by atoms with van der Waals surface area (Å²) in [5, 5.41) is 0. The summed E-state index contributed by atoms with van der Waals surface area (Å²) in [4.78, 5) is 8.01. The molecule has 0 aliphatic heterocycles. The maximum absolute atomic E-state index is 4.56. The first kappa shape index (κ1) is 17.4. The van der Waals surface area contributed by atoms with E-state index in [4.69, 9.17) is 0 Å². The van der Waals surface area contributed by atoms with Crippen LogP contribution in [0.3, 0.4) is 0 Å². The third-order valence-electron chi connectivity index (χ3n) is 4.84. The van der Waals surface area contributed by atoms with E-state index < -0.39 is 0 Å². The molecular weight excluding hydrogens is 327 g/mol. The van der Waals surface area contributed by atoms with Crippen molar-refractivity contribution < 1.29 is 0 Å². The maximum atomic E-state index is 4.56. The number of aromatic nitrogens is 2. The molecule has 3 aromatic carbocycles. The van der Waals surface area contributed by atoms with Gasteiger partial charge in [-0.15, -0.1) is 0 Å². The van der Waals surface area contributed by atoms with E-state index in [1.807, 2.05) is 12.3 Å². The summed E-state index contributed by atoms with van der Waals surface area (Å²) >= 11 is 0. The molecule has 1 N–H and O–H groups in total. The number of H-pyrrole nitrogens is 1. The van der Waals surface area contributed by atoms with E-state index >= 15 is 0 Å². The van der Waals surface area contributed by atoms with Crippen LogP contribution < -0.4 is 5.72 Å². The molecule has 4 aromatic rings. The summed E-state index contributed by atoms with van der Waals surface area (Å²) in [5.41, 5.74) is 6.03. The zero-order valence-corrected chi connectivity index (χ0v) is 15.3. The molecule has 4 rings (SSSR count). The molecule has 2 nitrogen and oxygen atoms in total. The number of aromatic amines is 1. The van der Waals surface area contributed by atoms with Crippen molar-refractivity contribution in [2.24, 2.45) is 0 Å². The second-order valence-electron chi connectivity index (χ2n) is 6.77. The van der Waals surface area contributed by atoms with E-state index in [9.17, 15) is 0 Å². The molecule has 0 saturated carbocycles. The Morgan fingerprint density at radius 3 is 1.89 bits per heavy atom. The van der Waals surface area contributed by atoms with Gasteiger partial charge < -0.3 is 4.98 Å². The van der Waals surface area contributed by atoms with Gasteiger partial charge in [0.15, 0.2) is 0 Å². The Balaban J connectivity index is 1.47. The Bertz CT molecular complexity index is 910. The van der Waals surface area contributed by atoms with Gasteiger partial charge in [0.05, 0.1) is 5.72 Å². The molecule has 0 atom stereocenters. The number of benzene rings is 3. The minimum Gasteiger partial charge on any atom is -0.354 e. The molecule has 1 heterocycles. The number of nitrogens with one attached hydrogen (secondary N) is 1. The van der Waals surface area contributed by atoms with Gasteiger partial charge in [-0.25, -0.2) is 0 Å². The van der Waals surface area contributed by atoms with Gasteiger partial charge in [0, 0.05) is 24.2 Å². The molecular formula is C24H22BN2. The van der Waals surface area contributed by atoms with Crippen LogP contribution in [0.1, 0.15) is 28.3 Å². The topological polar surface area (TPSA) is 28.7 Å². The summed E-state index contributed by atoms with van der Waals surface area (Å²) in [6.07, 6.45) is 3.73. The van der Waals surface area contributed by atoms with Crippen LogP contribution in [0.25, 0.3) is 0 Å². The van der Waals surface area contributed by atoms with Gasteiger partial charge in [0.25, 0.3) is 0 Å². The van der Waals surface area contributed by atoms with Crippen LogP contribution in [0.15, 0.2) is 97.2 Å². The number of nitrogens with zero attached hydrogens (tertiary/aromatic N) is 1. The Hall–Kier alpha value is -3.07. The van der Waals surface area contributed by atoms with Crippen molar-refractivity contribution in [2.45, 2.75) is 18.7 Å². The molecule has 0 aliphatic rings. The van der Waals surface area contributed by atoms with Gasteiger partial charge in [-0.1, -0.05) is 97.3 Å². The van der Waals surface area contributed by atoms with Crippen LogP contribution in [-0.4, -0.2) is 17.2 Å². The minimum atomic E-state index is 0.329. The number of hydrogen-bond acceptors (Lipinski definition) is 1. The Morgan fingerprint density at radius 2 is 1.30 bits per heavy atom. The zero-order chi connectivity index (χ0) is 18.3. The molecule has 0 aliphatic carbocycles. The van der Waals surface area contributed by atoms with E-state index in [1.165, 1.54) is 16.7 Å². The van der Waals surface area contributed by atoms with Crippen molar-refractivity contribution in [1.29, 1.82) is 0 Å². The zero-order valence-electron chi connectivity index (χ0n) is 15.3. The fraction of sp³-hybridized carbons (Fsp3) is 0.125.